The van der Waals surface area contributed by atoms with E-state index in [0.717, 1.165) is 13.2 Å². The van der Waals surface area contributed by atoms with Crippen LogP contribution in [0.15, 0.2) is 97.1 Å². The van der Waals surface area contributed by atoms with Gasteiger partial charge < -0.3 is 37.9 Å². The topological polar surface area (TPSA) is 115 Å². The van der Waals surface area contributed by atoms with Crippen molar-refractivity contribution >= 4 is 11.9 Å². The number of rotatable bonds is 15. The molecule has 0 aliphatic carbocycles. The Morgan fingerprint density at radius 3 is 1.17 bits per heavy atom. The van der Waals surface area contributed by atoms with Gasteiger partial charge in [0.1, 0.15) is 72.1 Å². The molecule has 10 nitrogen and oxygen atoms in total. The average Bonchev–Trinajstić information content (AvgIpc) is 4.01. The molecular formula is C36H34O10. The third-order valence-corrected chi connectivity index (χ3v) is 7.23. The highest BCUT2D eigenvalue weighted by Crippen LogP contribution is 2.24. The monoisotopic (exact) mass is 626 g/mol. The molecule has 2 aliphatic heterocycles. The minimum absolute atomic E-state index is 0.164. The molecule has 4 aromatic carbocycles. The van der Waals surface area contributed by atoms with Gasteiger partial charge >= 0.3 is 11.9 Å². The van der Waals surface area contributed by atoms with Gasteiger partial charge in [-0.05, 0) is 111 Å². The summed E-state index contributed by atoms with van der Waals surface area (Å²) >= 11 is 0. The second-order valence-electron chi connectivity index (χ2n) is 10.9. The van der Waals surface area contributed by atoms with E-state index in [0.29, 0.717) is 58.8 Å². The number of ether oxygens (including phenoxy) is 8. The van der Waals surface area contributed by atoms with Gasteiger partial charge in [0.2, 0.25) is 0 Å². The minimum Gasteiger partial charge on any atom is -0.491 e. The van der Waals surface area contributed by atoms with E-state index >= 15 is 0 Å². The van der Waals surface area contributed by atoms with Gasteiger partial charge in [-0.25, -0.2) is 9.59 Å². The Balaban J connectivity index is 0.930. The number of carbonyl (C=O) groups excluding carboxylic acids is 2. The second kappa shape index (κ2) is 14.4. The van der Waals surface area contributed by atoms with Crippen LogP contribution in [0.3, 0.4) is 0 Å². The minimum atomic E-state index is -0.471. The van der Waals surface area contributed by atoms with Crippen molar-refractivity contribution in [2.24, 2.45) is 0 Å². The van der Waals surface area contributed by atoms with Crippen LogP contribution in [0.4, 0.5) is 0 Å². The van der Waals surface area contributed by atoms with Crippen LogP contribution in [0.25, 0.3) is 0 Å². The summed E-state index contributed by atoms with van der Waals surface area (Å²) in [5.41, 5.74) is 0.828. The highest BCUT2D eigenvalue weighted by atomic mass is 16.6. The van der Waals surface area contributed by atoms with E-state index < -0.39 is 11.9 Å². The molecule has 0 N–H and O–H groups in total. The molecule has 4 aromatic rings. The van der Waals surface area contributed by atoms with Crippen molar-refractivity contribution < 1.29 is 47.5 Å². The first-order valence-electron chi connectivity index (χ1n) is 15.0. The molecular weight excluding hydrogens is 592 g/mol. The van der Waals surface area contributed by atoms with Crippen molar-refractivity contribution in [3.8, 4) is 34.5 Å². The van der Waals surface area contributed by atoms with Gasteiger partial charge in [0.25, 0.3) is 0 Å². The van der Waals surface area contributed by atoms with Crippen molar-refractivity contribution in [2.75, 3.05) is 26.4 Å². The molecule has 0 spiro atoms. The number of hydrogen-bond acceptors (Lipinski definition) is 10. The number of epoxide rings is 2. The van der Waals surface area contributed by atoms with Crippen molar-refractivity contribution in [2.45, 2.75) is 38.3 Å². The van der Waals surface area contributed by atoms with Crippen LogP contribution in [0, 0.1) is 0 Å². The lowest BCUT2D eigenvalue weighted by Crippen LogP contribution is -2.31. The normalized spacial score (nSPS) is 17.6. The fourth-order valence-electron chi connectivity index (χ4n) is 4.21. The van der Waals surface area contributed by atoms with Crippen molar-refractivity contribution in [3.05, 3.63) is 108 Å². The molecule has 10 heteroatoms. The summed E-state index contributed by atoms with van der Waals surface area (Å²) in [6.07, 6.45) is -0.279. The molecule has 6 rings (SSSR count). The first-order chi connectivity index (χ1) is 22.4. The quantitative estimate of drug-likeness (QED) is 0.0896. The van der Waals surface area contributed by atoms with E-state index in [1.807, 2.05) is 13.8 Å². The molecule has 0 amide bonds. The fourth-order valence-corrected chi connectivity index (χ4v) is 4.21. The molecule has 46 heavy (non-hydrogen) atoms. The molecule has 2 saturated heterocycles. The smallest absolute Gasteiger partial charge is 0.343 e. The zero-order valence-corrected chi connectivity index (χ0v) is 25.5. The summed E-state index contributed by atoms with van der Waals surface area (Å²) in [7, 11) is 0. The molecule has 2 heterocycles. The van der Waals surface area contributed by atoms with E-state index in [1.54, 1.807) is 97.1 Å². The van der Waals surface area contributed by atoms with Gasteiger partial charge in [-0.1, -0.05) is 0 Å². The summed E-state index contributed by atoms with van der Waals surface area (Å²) in [6, 6.07) is 27.2. The van der Waals surface area contributed by atoms with Gasteiger partial charge in [0.05, 0.1) is 24.3 Å². The molecule has 0 saturated carbocycles. The predicted molar refractivity (Wildman–Crippen MR) is 166 cm³/mol. The molecule has 2 aliphatic rings. The average molecular weight is 627 g/mol. The first-order valence-corrected chi connectivity index (χ1v) is 15.0. The van der Waals surface area contributed by atoms with Gasteiger partial charge in [-0.2, -0.15) is 0 Å². The third kappa shape index (κ3) is 8.99. The van der Waals surface area contributed by atoms with Crippen molar-refractivity contribution in [1.82, 2.24) is 0 Å². The van der Waals surface area contributed by atoms with Crippen LogP contribution < -0.4 is 28.4 Å². The largest absolute Gasteiger partial charge is 0.491 e. The maximum atomic E-state index is 12.6. The van der Waals surface area contributed by atoms with E-state index in [2.05, 4.69) is 0 Å². The van der Waals surface area contributed by atoms with Gasteiger partial charge in [0, 0.05) is 0 Å². The van der Waals surface area contributed by atoms with Crippen LogP contribution in [0.5, 0.6) is 34.5 Å². The predicted octanol–water partition coefficient (Wildman–Crippen LogP) is 5.92. The Morgan fingerprint density at radius 1 is 0.543 bits per heavy atom. The lowest BCUT2D eigenvalue weighted by atomic mass is 10.2. The Bertz CT molecular complexity index is 1470. The maximum absolute atomic E-state index is 12.6. The molecule has 4 unspecified atom stereocenters. The van der Waals surface area contributed by atoms with Crippen LogP contribution in [0.2, 0.25) is 0 Å². The second-order valence-corrected chi connectivity index (χ2v) is 10.9. The number of carbonyl (C=O) groups is 2. The van der Waals surface area contributed by atoms with Crippen LogP contribution >= 0.6 is 0 Å². The van der Waals surface area contributed by atoms with Crippen LogP contribution in [-0.4, -0.2) is 62.8 Å². The lowest BCUT2D eigenvalue weighted by Gasteiger charge is -2.23. The molecule has 238 valence electrons. The van der Waals surface area contributed by atoms with E-state index in [1.165, 1.54) is 0 Å². The highest BCUT2D eigenvalue weighted by molar-refractivity contribution is 5.91. The number of esters is 2. The molecule has 0 radical (unpaired) electrons. The summed E-state index contributed by atoms with van der Waals surface area (Å²) in [6.45, 7) is 6.24. The maximum Gasteiger partial charge on any atom is 0.343 e. The van der Waals surface area contributed by atoms with Gasteiger partial charge in [-0.15, -0.1) is 0 Å². The van der Waals surface area contributed by atoms with Crippen molar-refractivity contribution in [1.29, 1.82) is 0 Å². The SMILES string of the molecule is CC(Oc1ccc(OC(=O)c2ccc(OCC3CO3)cc2)cc1)C(C)Oc1ccc(OC(=O)c2ccc(OCC3CO3)cc2)cc1. The van der Waals surface area contributed by atoms with Crippen LogP contribution in [0.1, 0.15) is 34.6 Å². The molecule has 0 aromatic heterocycles. The summed E-state index contributed by atoms with van der Waals surface area (Å²) in [4.78, 5) is 25.1. The lowest BCUT2D eigenvalue weighted by molar-refractivity contribution is 0.0720. The molecule has 2 fully saturated rings. The van der Waals surface area contributed by atoms with E-state index in [9.17, 15) is 9.59 Å². The van der Waals surface area contributed by atoms with Crippen molar-refractivity contribution in [3.63, 3.8) is 0 Å². The summed E-state index contributed by atoms with van der Waals surface area (Å²) in [5.74, 6) is 2.39. The first kappa shape index (κ1) is 30.9. The molecule has 4 atom stereocenters. The van der Waals surface area contributed by atoms with E-state index in [-0.39, 0.29) is 24.4 Å². The Morgan fingerprint density at radius 2 is 0.848 bits per heavy atom. The number of hydrogen-bond donors (Lipinski definition) is 0. The Labute approximate surface area is 266 Å². The molecule has 0 bridgehead atoms. The zero-order chi connectivity index (χ0) is 31.9. The summed E-state index contributed by atoms with van der Waals surface area (Å²) in [5, 5.41) is 0. The standard InChI is InChI=1S/C36H34O10/c1-23(43-29-11-15-31(16-12-29)45-35(37)25-3-7-27(8-4-25)39-19-33-21-41-33)24(2)44-30-13-17-32(18-14-30)46-36(38)26-5-9-28(10-6-26)40-20-34-22-42-34/h3-18,23-24,33-34H,19-22H2,1-2H3. The van der Waals surface area contributed by atoms with Crippen LogP contribution in [-0.2, 0) is 9.47 Å². The zero-order valence-electron chi connectivity index (χ0n) is 25.5. The Kier molecular flexibility index (Phi) is 9.66. The number of benzene rings is 4. The third-order valence-electron chi connectivity index (χ3n) is 7.23. The Hall–Kier alpha value is -5.06. The van der Waals surface area contributed by atoms with Gasteiger partial charge in [0.15, 0.2) is 0 Å². The fraction of sp³-hybridized carbons (Fsp3) is 0.278. The van der Waals surface area contributed by atoms with E-state index in [4.69, 9.17) is 37.9 Å². The summed E-state index contributed by atoms with van der Waals surface area (Å²) < 4.78 is 44.5. The van der Waals surface area contributed by atoms with Gasteiger partial charge in [-0.3, -0.25) is 0 Å². The highest BCUT2D eigenvalue weighted by Gasteiger charge is 2.24.